The summed E-state index contributed by atoms with van der Waals surface area (Å²) in [4.78, 5) is 30.7. The number of halogens is 1. The lowest BCUT2D eigenvalue weighted by Gasteiger charge is -2.19. The van der Waals surface area contributed by atoms with Gasteiger partial charge in [-0.2, -0.15) is 9.78 Å². The Kier molecular flexibility index (Phi) is 4.94. The van der Waals surface area contributed by atoms with E-state index < -0.39 is 12.1 Å². The Morgan fingerprint density at radius 1 is 1.31 bits per heavy atom. The molecule has 1 aromatic carbocycles. The fourth-order valence-corrected chi connectivity index (χ4v) is 3.09. The van der Waals surface area contributed by atoms with Crippen LogP contribution in [0.15, 0.2) is 55.0 Å². The molecule has 1 aliphatic rings. The van der Waals surface area contributed by atoms with E-state index in [2.05, 4.69) is 15.4 Å². The second-order valence-electron chi connectivity index (χ2n) is 6.64. The van der Waals surface area contributed by atoms with Crippen LogP contribution in [0.3, 0.4) is 0 Å². The Labute approximate surface area is 165 Å². The zero-order valence-electron chi connectivity index (χ0n) is 15.6. The highest BCUT2D eigenvalue weighted by molar-refractivity contribution is 5.99. The van der Waals surface area contributed by atoms with Gasteiger partial charge in [0.05, 0.1) is 6.20 Å². The molecule has 2 aromatic heterocycles. The van der Waals surface area contributed by atoms with Crippen LogP contribution in [0.2, 0.25) is 0 Å². The molecule has 3 heterocycles. The number of hydrogen-bond donors (Lipinski definition) is 1. The maximum atomic E-state index is 13.3. The molecule has 0 bridgehead atoms. The van der Waals surface area contributed by atoms with Crippen LogP contribution in [0.1, 0.15) is 11.1 Å². The summed E-state index contributed by atoms with van der Waals surface area (Å²) < 4.78 is 20.1. The smallest absolute Gasteiger partial charge is 0.342 e. The molecule has 0 fully saturated rings. The van der Waals surface area contributed by atoms with Crippen molar-refractivity contribution in [1.82, 2.24) is 20.1 Å². The highest BCUT2D eigenvalue weighted by atomic mass is 19.1. The van der Waals surface area contributed by atoms with Gasteiger partial charge < -0.3 is 10.1 Å². The number of hydrogen-bond acceptors (Lipinski definition) is 5. The minimum Gasteiger partial charge on any atom is -0.487 e. The van der Waals surface area contributed by atoms with Crippen LogP contribution < -0.4 is 15.0 Å². The normalized spacial score (nSPS) is 16.0. The van der Waals surface area contributed by atoms with E-state index in [1.807, 2.05) is 0 Å². The minimum absolute atomic E-state index is 0.0228. The molecule has 0 saturated heterocycles. The number of anilines is 1. The molecule has 148 valence electrons. The third-order valence-corrected chi connectivity index (χ3v) is 4.54. The summed E-state index contributed by atoms with van der Waals surface area (Å²) in [5, 5.41) is 6.67. The molecular weight excluding hydrogens is 377 g/mol. The number of fused-ring (bicyclic) bond motifs is 1. The predicted molar refractivity (Wildman–Crippen MR) is 102 cm³/mol. The lowest BCUT2D eigenvalue weighted by atomic mass is 10.1. The molecule has 2 amide bonds. The van der Waals surface area contributed by atoms with Gasteiger partial charge in [-0.3, -0.25) is 9.69 Å². The van der Waals surface area contributed by atoms with E-state index in [0.717, 1.165) is 15.8 Å². The average Bonchev–Trinajstić information content (AvgIpc) is 3.14. The quantitative estimate of drug-likeness (QED) is 0.733. The van der Waals surface area contributed by atoms with Gasteiger partial charge in [-0.1, -0.05) is 12.1 Å². The predicted octanol–water partition coefficient (Wildman–Crippen LogP) is 1.99. The van der Waals surface area contributed by atoms with Crippen molar-refractivity contribution in [3.63, 3.8) is 0 Å². The first-order valence-electron chi connectivity index (χ1n) is 8.95. The molecule has 4 rings (SSSR count). The van der Waals surface area contributed by atoms with E-state index in [1.165, 1.54) is 23.2 Å². The van der Waals surface area contributed by atoms with Crippen LogP contribution in [0.5, 0.6) is 5.75 Å². The third kappa shape index (κ3) is 3.93. The number of ether oxygens (including phenoxy) is 1. The minimum atomic E-state index is -0.891. The van der Waals surface area contributed by atoms with Gasteiger partial charge in [-0.15, -0.1) is 0 Å². The summed E-state index contributed by atoms with van der Waals surface area (Å²) in [6, 6.07) is 8.19. The summed E-state index contributed by atoms with van der Waals surface area (Å²) in [6.07, 6.45) is 5.07. The van der Waals surface area contributed by atoms with Gasteiger partial charge >= 0.3 is 6.03 Å². The summed E-state index contributed by atoms with van der Waals surface area (Å²) in [6.45, 7) is -0.0228. The molecule has 1 atom stereocenters. The number of carbonyl (C=O) groups excluding carboxylic acids is 2. The maximum Gasteiger partial charge on any atom is 0.342 e. The lowest BCUT2D eigenvalue weighted by molar-refractivity contribution is -0.120. The highest BCUT2D eigenvalue weighted by Crippen LogP contribution is 2.27. The van der Waals surface area contributed by atoms with Crippen molar-refractivity contribution in [3.05, 3.63) is 71.9 Å². The molecule has 0 spiro atoms. The summed E-state index contributed by atoms with van der Waals surface area (Å²) >= 11 is 0. The van der Waals surface area contributed by atoms with E-state index in [9.17, 15) is 14.0 Å². The maximum absolute atomic E-state index is 13.3. The van der Waals surface area contributed by atoms with Crippen molar-refractivity contribution in [2.45, 2.75) is 12.5 Å². The molecule has 29 heavy (non-hydrogen) atoms. The van der Waals surface area contributed by atoms with Crippen molar-refractivity contribution >= 4 is 17.8 Å². The number of aromatic nitrogens is 3. The van der Waals surface area contributed by atoms with E-state index in [1.54, 1.807) is 43.7 Å². The van der Waals surface area contributed by atoms with Crippen LogP contribution in [-0.2, 0) is 11.2 Å². The van der Waals surface area contributed by atoms with Crippen molar-refractivity contribution in [2.24, 2.45) is 0 Å². The average molecular weight is 395 g/mol. The van der Waals surface area contributed by atoms with Gasteiger partial charge in [0.25, 0.3) is 5.91 Å². The number of carbonyl (C=O) groups is 2. The molecule has 8 nitrogen and oxygen atoms in total. The Morgan fingerprint density at radius 2 is 2.17 bits per heavy atom. The highest BCUT2D eigenvalue weighted by Gasteiger charge is 2.31. The Morgan fingerprint density at radius 3 is 3.00 bits per heavy atom. The van der Waals surface area contributed by atoms with Crippen LogP contribution >= 0.6 is 0 Å². The Hall–Kier alpha value is -3.75. The van der Waals surface area contributed by atoms with E-state index in [0.29, 0.717) is 18.0 Å². The standard InChI is InChI=1S/C20H18FN5O3/c1-25-18-17(6-3-7-22-18)29-12-16(19(25)27)24-20(28)26-11-14(10-23-26)8-13-4-2-5-15(21)9-13/h2-7,9-11,16H,8,12H2,1H3,(H,24,28)/t16-/m0/s1. The number of rotatable bonds is 3. The zero-order valence-corrected chi connectivity index (χ0v) is 15.6. The monoisotopic (exact) mass is 395 g/mol. The van der Waals surface area contributed by atoms with Crippen molar-refractivity contribution in [1.29, 1.82) is 0 Å². The molecular formula is C20H18FN5O3. The van der Waals surface area contributed by atoms with Crippen molar-refractivity contribution < 1.29 is 18.7 Å². The van der Waals surface area contributed by atoms with E-state index in [4.69, 9.17) is 4.74 Å². The molecule has 3 aromatic rings. The largest absolute Gasteiger partial charge is 0.487 e. The van der Waals surface area contributed by atoms with E-state index >= 15 is 0 Å². The van der Waals surface area contributed by atoms with Crippen LogP contribution in [0, 0.1) is 5.82 Å². The molecule has 0 aliphatic carbocycles. The summed E-state index contributed by atoms with van der Waals surface area (Å²) in [5.74, 6) is 0.198. The fourth-order valence-electron chi connectivity index (χ4n) is 3.09. The molecule has 0 unspecified atom stereocenters. The molecule has 0 saturated carbocycles. The number of amides is 2. The van der Waals surface area contributed by atoms with Crippen LogP contribution in [-0.4, -0.2) is 46.4 Å². The van der Waals surface area contributed by atoms with Crippen LogP contribution in [0.4, 0.5) is 15.0 Å². The van der Waals surface area contributed by atoms with Crippen molar-refractivity contribution in [3.8, 4) is 5.75 Å². The Balaban J connectivity index is 1.44. The van der Waals surface area contributed by atoms with Gasteiger partial charge in [-0.05, 0) is 35.4 Å². The first-order valence-corrected chi connectivity index (χ1v) is 8.95. The molecule has 9 heteroatoms. The fraction of sp³-hybridized carbons (Fsp3) is 0.200. The zero-order chi connectivity index (χ0) is 20.4. The number of benzene rings is 1. The van der Waals surface area contributed by atoms with Gasteiger partial charge in [0.1, 0.15) is 18.5 Å². The van der Waals surface area contributed by atoms with Gasteiger partial charge in [0.15, 0.2) is 11.6 Å². The summed E-state index contributed by atoms with van der Waals surface area (Å²) in [5.41, 5.74) is 1.51. The number of nitrogens with zero attached hydrogens (tertiary/aromatic N) is 4. The molecule has 0 radical (unpaired) electrons. The molecule has 1 aliphatic heterocycles. The van der Waals surface area contributed by atoms with Crippen LogP contribution in [0.25, 0.3) is 0 Å². The first kappa shape index (κ1) is 18.6. The van der Waals surface area contributed by atoms with Gasteiger partial charge in [-0.25, -0.2) is 14.2 Å². The SMILES string of the molecule is CN1C(=O)[C@@H](NC(=O)n2cc(Cc3cccc(F)c3)cn2)COc2cccnc21. The lowest BCUT2D eigenvalue weighted by Crippen LogP contribution is -2.50. The first-order chi connectivity index (χ1) is 14.0. The van der Waals surface area contributed by atoms with Gasteiger partial charge in [0.2, 0.25) is 0 Å². The topological polar surface area (TPSA) is 89.4 Å². The summed E-state index contributed by atoms with van der Waals surface area (Å²) in [7, 11) is 1.58. The number of nitrogens with one attached hydrogen (secondary N) is 1. The number of pyridine rings is 1. The number of likely N-dealkylation sites (N-methyl/N-ethyl adjacent to an activating group) is 1. The third-order valence-electron chi connectivity index (χ3n) is 4.54. The Bertz CT molecular complexity index is 1070. The van der Waals surface area contributed by atoms with Crippen molar-refractivity contribution in [2.75, 3.05) is 18.6 Å². The van der Waals surface area contributed by atoms with Gasteiger partial charge in [0, 0.05) is 25.9 Å². The van der Waals surface area contributed by atoms with E-state index in [-0.39, 0.29) is 18.3 Å². The molecule has 1 N–H and O–H groups in total. The second kappa shape index (κ2) is 7.70. The second-order valence-corrected chi connectivity index (χ2v) is 6.64.